The van der Waals surface area contributed by atoms with Crippen LogP contribution >= 0.6 is 0 Å². The van der Waals surface area contributed by atoms with Crippen molar-refractivity contribution in [3.8, 4) is 44.5 Å². The number of benzene rings is 10. The molecule has 0 saturated carbocycles. The Morgan fingerprint density at radius 2 is 0.640 bits per heavy atom. The number of hydrogen-bond donors (Lipinski definition) is 0. The predicted octanol–water partition coefficient (Wildman–Crippen LogP) is 14.1. The predicted molar refractivity (Wildman–Crippen MR) is 216 cm³/mol. The third-order valence-corrected chi connectivity index (χ3v) is 10.5. The van der Waals surface area contributed by atoms with E-state index >= 15 is 0 Å². The van der Waals surface area contributed by atoms with Gasteiger partial charge in [-0.1, -0.05) is 188 Å². The largest absolute Gasteiger partial charge is 0.0616 e. The van der Waals surface area contributed by atoms with Crippen LogP contribution < -0.4 is 0 Å². The zero-order valence-corrected chi connectivity index (χ0v) is 27.5. The lowest BCUT2D eigenvalue weighted by atomic mass is 9.85. The van der Waals surface area contributed by atoms with E-state index in [0.717, 1.165) is 0 Å². The van der Waals surface area contributed by atoms with E-state index in [-0.39, 0.29) is 0 Å². The molecule has 0 aliphatic carbocycles. The van der Waals surface area contributed by atoms with Crippen LogP contribution in [0.3, 0.4) is 0 Å². The van der Waals surface area contributed by atoms with Crippen LogP contribution in [0.1, 0.15) is 0 Å². The standard InChI is InChI=1S/C50H32/c1-3-17-39-33(12-1)14-10-23-40(39)35-26-28-36(29-27-35)49-45-19-5-7-21-47(45)50(48-22-8-6-20-46(48)49)38-16-9-15-37(32-38)42-24-11-25-43-41-18-4-2-13-34(41)30-31-44(42)43/h1-32H. The molecule has 0 aliphatic rings. The second-order valence-electron chi connectivity index (χ2n) is 13.2. The van der Waals surface area contributed by atoms with Gasteiger partial charge >= 0.3 is 0 Å². The molecule has 0 aromatic heterocycles. The summed E-state index contributed by atoms with van der Waals surface area (Å²) in [6.07, 6.45) is 0. The Balaban J connectivity index is 1.15. The van der Waals surface area contributed by atoms with E-state index in [1.165, 1.54) is 98.4 Å². The average Bonchev–Trinajstić information content (AvgIpc) is 3.19. The van der Waals surface area contributed by atoms with Gasteiger partial charge in [0.1, 0.15) is 0 Å². The molecule has 0 radical (unpaired) electrons. The van der Waals surface area contributed by atoms with Crippen LogP contribution in [0.2, 0.25) is 0 Å². The molecule has 0 spiro atoms. The number of hydrogen-bond acceptors (Lipinski definition) is 0. The van der Waals surface area contributed by atoms with Crippen molar-refractivity contribution in [1.82, 2.24) is 0 Å². The van der Waals surface area contributed by atoms with Gasteiger partial charge in [0.2, 0.25) is 0 Å². The van der Waals surface area contributed by atoms with Crippen molar-refractivity contribution >= 4 is 53.9 Å². The third-order valence-electron chi connectivity index (χ3n) is 10.5. The van der Waals surface area contributed by atoms with Gasteiger partial charge in [-0.15, -0.1) is 0 Å². The van der Waals surface area contributed by atoms with Gasteiger partial charge in [0.25, 0.3) is 0 Å². The van der Waals surface area contributed by atoms with Crippen LogP contribution in [0, 0.1) is 0 Å². The van der Waals surface area contributed by atoms with Crippen LogP contribution in [0.4, 0.5) is 0 Å². The molecule has 0 amide bonds. The minimum absolute atomic E-state index is 1.23. The molecule has 0 aliphatic heterocycles. The maximum atomic E-state index is 2.39. The summed E-state index contributed by atoms with van der Waals surface area (Å²) in [5.41, 5.74) is 9.99. The van der Waals surface area contributed by atoms with Gasteiger partial charge in [-0.05, 0) is 104 Å². The Labute approximate surface area is 291 Å². The first-order chi connectivity index (χ1) is 24.8. The van der Waals surface area contributed by atoms with Crippen LogP contribution in [-0.4, -0.2) is 0 Å². The van der Waals surface area contributed by atoms with Crippen molar-refractivity contribution in [1.29, 1.82) is 0 Å². The lowest BCUT2D eigenvalue weighted by Gasteiger charge is -2.18. The van der Waals surface area contributed by atoms with Crippen molar-refractivity contribution < 1.29 is 0 Å². The van der Waals surface area contributed by atoms with Crippen LogP contribution in [-0.2, 0) is 0 Å². The highest BCUT2D eigenvalue weighted by atomic mass is 14.2. The first-order valence-electron chi connectivity index (χ1n) is 17.4. The molecule has 0 atom stereocenters. The first-order valence-corrected chi connectivity index (χ1v) is 17.4. The maximum absolute atomic E-state index is 2.39. The van der Waals surface area contributed by atoms with E-state index in [1.807, 2.05) is 0 Å². The fourth-order valence-corrected chi connectivity index (χ4v) is 8.18. The summed E-state index contributed by atoms with van der Waals surface area (Å²) in [5, 5.41) is 12.7. The normalized spacial score (nSPS) is 11.6. The second-order valence-corrected chi connectivity index (χ2v) is 13.2. The van der Waals surface area contributed by atoms with E-state index in [9.17, 15) is 0 Å². The molecular weight excluding hydrogens is 601 g/mol. The number of fused-ring (bicyclic) bond motifs is 6. The highest BCUT2D eigenvalue weighted by molar-refractivity contribution is 6.22. The van der Waals surface area contributed by atoms with E-state index in [1.54, 1.807) is 0 Å². The molecule has 0 heterocycles. The molecule has 10 aromatic carbocycles. The summed E-state index contributed by atoms with van der Waals surface area (Å²) in [6.45, 7) is 0. The highest BCUT2D eigenvalue weighted by Gasteiger charge is 2.17. The van der Waals surface area contributed by atoms with Gasteiger partial charge in [-0.25, -0.2) is 0 Å². The van der Waals surface area contributed by atoms with Crippen molar-refractivity contribution in [2.45, 2.75) is 0 Å². The van der Waals surface area contributed by atoms with Gasteiger partial charge in [0.15, 0.2) is 0 Å². The van der Waals surface area contributed by atoms with Gasteiger partial charge in [-0.2, -0.15) is 0 Å². The fraction of sp³-hybridized carbons (Fsp3) is 0. The van der Waals surface area contributed by atoms with Crippen molar-refractivity contribution in [3.05, 3.63) is 194 Å². The Kier molecular flexibility index (Phi) is 6.60. The molecule has 0 fully saturated rings. The quantitative estimate of drug-likeness (QED) is 0.134. The summed E-state index contributed by atoms with van der Waals surface area (Å²) in [7, 11) is 0. The van der Waals surface area contributed by atoms with Crippen molar-refractivity contribution in [2.24, 2.45) is 0 Å². The van der Waals surface area contributed by atoms with Gasteiger partial charge in [0, 0.05) is 0 Å². The fourth-order valence-electron chi connectivity index (χ4n) is 8.18. The number of rotatable bonds is 4. The Bertz CT molecular complexity index is 2850. The first kappa shape index (κ1) is 28.5. The van der Waals surface area contributed by atoms with Crippen LogP contribution in [0.25, 0.3) is 98.4 Å². The molecule has 0 nitrogen and oxygen atoms in total. The highest BCUT2D eigenvalue weighted by Crippen LogP contribution is 2.45. The second kappa shape index (κ2) is 11.6. The monoisotopic (exact) mass is 632 g/mol. The molecule has 0 unspecified atom stereocenters. The summed E-state index contributed by atoms with van der Waals surface area (Å²) < 4.78 is 0. The SMILES string of the molecule is c1cc(-c2c3ccccc3c(-c3ccc(-c4cccc5ccccc45)cc3)c3ccccc23)cc(-c2cccc3c2ccc2ccccc23)c1. The van der Waals surface area contributed by atoms with E-state index in [2.05, 4.69) is 194 Å². The van der Waals surface area contributed by atoms with Gasteiger partial charge < -0.3 is 0 Å². The maximum Gasteiger partial charge on any atom is -0.00262 e. The van der Waals surface area contributed by atoms with Crippen molar-refractivity contribution in [3.63, 3.8) is 0 Å². The van der Waals surface area contributed by atoms with Gasteiger partial charge in [0.05, 0.1) is 0 Å². The molecule has 10 rings (SSSR count). The molecule has 50 heavy (non-hydrogen) atoms. The summed E-state index contributed by atoms with van der Waals surface area (Å²) >= 11 is 0. The smallest absolute Gasteiger partial charge is 0.00262 e. The lowest BCUT2D eigenvalue weighted by molar-refractivity contribution is 1.62. The van der Waals surface area contributed by atoms with Gasteiger partial charge in [-0.3, -0.25) is 0 Å². The Morgan fingerprint density at radius 1 is 0.200 bits per heavy atom. The summed E-state index contributed by atoms with van der Waals surface area (Å²) in [4.78, 5) is 0. The Hall–Kier alpha value is -6.50. The molecule has 0 bridgehead atoms. The van der Waals surface area contributed by atoms with Crippen LogP contribution in [0.5, 0.6) is 0 Å². The lowest BCUT2D eigenvalue weighted by Crippen LogP contribution is -1.91. The molecule has 0 N–H and O–H groups in total. The minimum Gasteiger partial charge on any atom is -0.0616 e. The van der Waals surface area contributed by atoms with Crippen molar-refractivity contribution in [2.75, 3.05) is 0 Å². The molecule has 232 valence electrons. The molecule has 10 aromatic rings. The van der Waals surface area contributed by atoms with Crippen LogP contribution in [0.15, 0.2) is 194 Å². The third kappa shape index (κ3) is 4.54. The van der Waals surface area contributed by atoms with E-state index < -0.39 is 0 Å². The average molecular weight is 633 g/mol. The summed E-state index contributed by atoms with van der Waals surface area (Å²) in [5.74, 6) is 0. The molecule has 0 heteroatoms. The van der Waals surface area contributed by atoms with E-state index in [4.69, 9.17) is 0 Å². The summed E-state index contributed by atoms with van der Waals surface area (Å²) in [6, 6.07) is 71.3. The van der Waals surface area contributed by atoms with E-state index in [0.29, 0.717) is 0 Å². The topological polar surface area (TPSA) is 0 Å². The zero-order valence-electron chi connectivity index (χ0n) is 27.5. The Morgan fingerprint density at radius 3 is 1.32 bits per heavy atom. The molecular formula is C50H32. The molecule has 0 saturated heterocycles. The minimum atomic E-state index is 1.23. The zero-order chi connectivity index (χ0) is 33.0.